The predicted molar refractivity (Wildman–Crippen MR) is 74.9 cm³/mol. The lowest BCUT2D eigenvalue weighted by molar-refractivity contribution is 0.129. The van der Waals surface area contributed by atoms with Crippen LogP contribution in [0, 0.1) is 5.92 Å². The van der Waals surface area contributed by atoms with Gasteiger partial charge in [0.05, 0.1) is 6.10 Å². The van der Waals surface area contributed by atoms with E-state index in [1.54, 1.807) is 11.8 Å². The number of carbonyl (C=O) groups is 1. The quantitative estimate of drug-likeness (QED) is 0.887. The zero-order valence-electron chi connectivity index (χ0n) is 10.9. The Labute approximate surface area is 121 Å². The molecule has 2 amide bonds. The summed E-state index contributed by atoms with van der Waals surface area (Å²) < 4.78 is 6.06. The second kappa shape index (κ2) is 6.43. The zero-order valence-corrected chi connectivity index (χ0v) is 12.5. The van der Waals surface area contributed by atoms with Crippen LogP contribution in [0.1, 0.15) is 19.1 Å². The van der Waals surface area contributed by atoms with Crippen LogP contribution >= 0.6 is 15.9 Å². The summed E-state index contributed by atoms with van der Waals surface area (Å²) in [5, 5.41) is 12.4. The van der Waals surface area contributed by atoms with E-state index in [1.807, 2.05) is 12.1 Å². The monoisotopic (exact) mass is 330 g/mol. The van der Waals surface area contributed by atoms with E-state index < -0.39 is 0 Å². The Bertz CT molecular complexity index is 433. The van der Waals surface area contributed by atoms with Crippen LogP contribution in [0.2, 0.25) is 0 Å². The number of amides is 2. The first-order valence-electron chi connectivity index (χ1n) is 6.51. The smallest absolute Gasteiger partial charge is 0.317 e. The maximum Gasteiger partial charge on any atom is 0.317 e. The summed E-state index contributed by atoms with van der Waals surface area (Å²) in [5.41, 5.74) is 0. The molecule has 0 spiro atoms. The number of carbonyl (C=O) groups excluding carboxylic acids is 1. The van der Waals surface area contributed by atoms with Crippen LogP contribution in [-0.2, 0) is 6.42 Å². The van der Waals surface area contributed by atoms with E-state index in [0.29, 0.717) is 30.7 Å². The third kappa shape index (κ3) is 3.98. The molecule has 1 aliphatic heterocycles. The van der Waals surface area contributed by atoms with Gasteiger partial charge in [-0.3, -0.25) is 0 Å². The minimum atomic E-state index is -0.349. The van der Waals surface area contributed by atoms with Crippen molar-refractivity contribution in [1.82, 2.24) is 10.2 Å². The number of likely N-dealkylation sites (tertiary alicyclic amines) is 1. The van der Waals surface area contributed by atoms with Gasteiger partial charge in [-0.1, -0.05) is 0 Å². The number of nitrogens with zero attached hydrogens (tertiary/aromatic N) is 1. The normalized spacial score (nSPS) is 20.6. The molecule has 19 heavy (non-hydrogen) atoms. The van der Waals surface area contributed by atoms with Crippen LogP contribution in [-0.4, -0.2) is 41.8 Å². The fourth-order valence-corrected chi connectivity index (χ4v) is 2.60. The van der Waals surface area contributed by atoms with Crippen molar-refractivity contribution < 1.29 is 14.3 Å². The minimum Gasteiger partial charge on any atom is -0.454 e. The van der Waals surface area contributed by atoms with Gasteiger partial charge in [-0.15, -0.1) is 0 Å². The SMILES string of the molecule is C[C@H](O)[C@@H]1CCN(C(=O)NCCc2ccc(Br)o2)C1. The summed E-state index contributed by atoms with van der Waals surface area (Å²) in [4.78, 5) is 13.7. The van der Waals surface area contributed by atoms with Crippen LogP contribution in [0.5, 0.6) is 0 Å². The number of halogens is 1. The number of nitrogens with one attached hydrogen (secondary N) is 1. The Kier molecular flexibility index (Phi) is 4.87. The number of furan rings is 1. The lowest BCUT2D eigenvalue weighted by Gasteiger charge is -2.18. The highest BCUT2D eigenvalue weighted by atomic mass is 79.9. The molecule has 2 heterocycles. The van der Waals surface area contributed by atoms with Crippen LogP contribution < -0.4 is 5.32 Å². The lowest BCUT2D eigenvalue weighted by Crippen LogP contribution is -2.39. The van der Waals surface area contributed by atoms with Crippen LogP contribution in [0.3, 0.4) is 0 Å². The molecular weight excluding hydrogens is 312 g/mol. The van der Waals surface area contributed by atoms with E-state index in [9.17, 15) is 9.90 Å². The average molecular weight is 331 g/mol. The van der Waals surface area contributed by atoms with Gasteiger partial charge in [-0.25, -0.2) is 4.79 Å². The molecule has 1 aromatic heterocycles. The maximum atomic E-state index is 11.9. The lowest BCUT2D eigenvalue weighted by atomic mass is 10.0. The molecule has 0 aromatic carbocycles. The van der Waals surface area contributed by atoms with E-state index in [-0.39, 0.29) is 18.1 Å². The van der Waals surface area contributed by atoms with Gasteiger partial charge in [0, 0.05) is 32.0 Å². The van der Waals surface area contributed by atoms with Gasteiger partial charge in [0.1, 0.15) is 5.76 Å². The number of aliphatic hydroxyl groups is 1. The fraction of sp³-hybridized carbons (Fsp3) is 0.615. The maximum absolute atomic E-state index is 11.9. The molecule has 2 atom stereocenters. The molecule has 0 aliphatic carbocycles. The topological polar surface area (TPSA) is 65.7 Å². The Hall–Kier alpha value is -1.01. The van der Waals surface area contributed by atoms with E-state index in [4.69, 9.17) is 4.42 Å². The summed E-state index contributed by atoms with van der Waals surface area (Å²) in [5.74, 6) is 1.04. The van der Waals surface area contributed by atoms with Crippen molar-refractivity contribution in [2.45, 2.75) is 25.9 Å². The van der Waals surface area contributed by atoms with E-state index >= 15 is 0 Å². The van der Waals surface area contributed by atoms with Crippen LogP contribution in [0.15, 0.2) is 21.2 Å². The summed E-state index contributed by atoms with van der Waals surface area (Å²) >= 11 is 3.24. The highest BCUT2D eigenvalue weighted by molar-refractivity contribution is 9.10. The summed E-state index contributed by atoms with van der Waals surface area (Å²) in [6.45, 7) is 3.68. The third-order valence-corrected chi connectivity index (χ3v) is 3.90. The Morgan fingerprint density at radius 3 is 3.05 bits per heavy atom. The first-order valence-corrected chi connectivity index (χ1v) is 7.30. The van der Waals surface area contributed by atoms with Crippen LogP contribution in [0.4, 0.5) is 4.79 Å². The number of aliphatic hydroxyl groups excluding tert-OH is 1. The molecule has 1 fully saturated rings. The van der Waals surface area contributed by atoms with Crippen LogP contribution in [0.25, 0.3) is 0 Å². The first kappa shape index (κ1) is 14.4. The molecule has 0 bridgehead atoms. The van der Waals surface area contributed by atoms with Gasteiger partial charge in [-0.2, -0.15) is 0 Å². The Morgan fingerprint density at radius 1 is 1.68 bits per heavy atom. The average Bonchev–Trinajstić information content (AvgIpc) is 2.98. The van der Waals surface area contributed by atoms with Gasteiger partial charge in [-0.05, 0) is 41.4 Å². The fourth-order valence-electron chi connectivity index (χ4n) is 2.26. The molecular formula is C13H19BrN2O3. The Balaban J connectivity index is 1.70. The van der Waals surface area contributed by atoms with Crippen molar-refractivity contribution in [3.8, 4) is 0 Å². The molecule has 6 heteroatoms. The molecule has 5 nitrogen and oxygen atoms in total. The van der Waals surface area contributed by atoms with Gasteiger partial charge in [0.2, 0.25) is 0 Å². The van der Waals surface area contributed by atoms with Crippen molar-refractivity contribution in [1.29, 1.82) is 0 Å². The zero-order chi connectivity index (χ0) is 13.8. The second-order valence-corrected chi connectivity index (χ2v) is 5.70. The molecule has 0 unspecified atom stereocenters. The molecule has 0 radical (unpaired) electrons. The van der Waals surface area contributed by atoms with Crippen molar-refractivity contribution in [3.05, 3.63) is 22.6 Å². The van der Waals surface area contributed by atoms with Gasteiger partial charge in [0.25, 0.3) is 0 Å². The molecule has 2 rings (SSSR count). The highest BCUT2D eigenvalue weighted by Gasteiger charge is 2.28. The predicted octanol–water partition coefficient (Wildman–Crippen LogP) is 2.00. The van der Waals surface area contributed by atoms with Gasteiger partial charge >= 0.3 is 6.03 Å². The number of rotatable bonds is 4. The number of hydrogen-bond donors (Lipinski definition) is 2. The van der Waals surface area contributed by atoms with E-state index in [2.05, 4.69) is 21.2 Å². The van der Waals surface area contributed by atoms with Crippen molar-refractivity contribution in [2.75, 3.05) is 19.6 Å². The largest absolute Gasteiger partial charge is 0.454 e. The van der Waals surface area contributed by atoms with Crippen molar-refractivity contribution >= 4 is 22.0 Å². The first-order chi connectivity index (χ1) is 9.06. The summed E-state index contributed by atoms with van der Waals surface area (Å²) in [7, 11) is 0. The third-order valence-electron chi connectivity index (χ3n) is 3.47. The molecule has 1 saturated heterocycles. The number of hydrogen-bond acceptors (Lipinski definition) is 3. The molecule has 1 aliphatic rings. The minimum absolute atomic E-state index is 0.0613. The highest BCUT2D eigenvalue weighted by Crippen LogP contribution is 2.19. The van der Waals surface area contributed by atoms with E-state index in [0.717, 1.165) is 12.2 Å². The van der Waals surface area contributed by atoms with E-state index in [1.165, 1.54) is 0 Å². The summed E-state index contributed by atoms with van der Waals surface area (Å²) in [6, 6.07) is 3.66. The van der Waals surface area contributed by atoms with Crippen molar-refractivity contribution in [2.24, 2.45) is 5.92 Å². The standard InChI is InChI=1S/C13H19BrN2O3/c1-9(17)10-5-7-16(8-10)13(18)15-6-4-11-2-3-12(14)19-11/h2-3,9-10,17H,4-8H2,1H3,(H,15,18)/t9-,10+/m0/s1. The number of urea groups is 1. The summed E-state index contributed by atoms with van der Waals surface area (Å²) in [6.07, 6.45) is 1.19. The molecule has 1 aromatic rings. The molecule has 2 N–H and O–H groups in total. The van der Waals surface area contributed by atoms with Gasteiger partial charge < -0.3 is 19.7 Å². The molecule has 106 valence electrons. The second-order valence-electron chi connectivity index (χ2n) is 4.92. The van der Waals surface area contributed by atoms with Crippen molar-refractivity contribution in [3.63, 3.8) is 0 Å². The molecule has 0 saturated carbocycles. The Morgan fingerprint density at radius 2 is 2.47 bits per heavy atom. The van der Waals surface area contributed by atoms with Gasteiger partial charge in [0.15, 0.2) is 4.67 Å².